The molecule has 2 nitrogen and oxygen atoms in total. The van der Waals surface area contributed by atoms with Crippen molar-refractivity contribution < 1.29 is 8.78 Å². The molecular weight excluding hydrogens is 210 g/mol. The van der Waals surface area contributed by atoms with E-state index in [4.69, 9.17) is 0 Å². The molecule has 0 fully saturated rings. The molecule has 0 aliphatic rings. The van der Waals surface area contributed by atoms with Crippen LogP contribution < -0.4 is 0 Å². The third-order valence-electron chi connectivity index (χ3n) is 2.24. The molecule has 0 aliphatic heterocycles. The molecule has 0 saturated carbocycles. The fraction of sp³-hybridized carbons (Fsp3) is 0.167. The van der Waals surface area contributed by atoms with Crippen molar-refractivity contribution in [1.82, 2.24) is 9.97 Å². The zero-order chi connectivity index (χ0) is 11.7. The summed E-state index contributed by atoms with van der Waals surface area (Å²) in [7, 11) is 0. The lowest BCUT2D eigenvalue weighted by atomic mass is 10.2. The van der Waals surface area contributed by atoms with Gasteiger partial charge < -0.3 is 0 Å². The number of rotatable bonds is 1. The van der Waals surface area contributed by atoms with Crippen LogP contribution in [0.15, 0.2) is 18.2 Å². The van der Waals surface area contributed by atoms with Gasteiger partial charge in [0.25, 0.3) is 0 Å². The summed E-state index contributed by atoms with van der Waals surface area (Å²) >= 11 is 0. The number of allylic oxidation sites excluding steroid dienone is 1. The highest BCUT2D eigenvalue weighted by atomic mass is 19.2. The minimum absolute atomic E-state index is 0.359. The second-order valence-electron chi connectivity index (χ2n) is 3.45. The van der Waals surface area contributed by atoms with E-state index in [-0.39, 0.29) is 0 Å². The lowest BCUT2D eigenvalue weighted by molar-refractivity contribution is 0.510. The van der Waals surface area contributed by atoms with E-state index < -0.39 is 11.6 Å². The molecule has 1 aromatic carbocycles. The second kappa shape index (κ2) is 3.96. The zero-order valence-corrected chi connectivity index (χ0v) is 8.96. The summed E-state index contributed by atoms with van der Waals surface area (Å²) in [4.78, 5) is 8.39. The molecular formula is C12H10F2N2. The maximum atomic E-state index is 13.0. The summed E-state index contributed by atoms with van der Waals surface area (Å²) in [5.74, 6) is -1.81. The van der Waals surface area contributed by atoms with Crippen LogP contribution in [-0.4, -0.2) is 9.97 Å². The first-order valence-electron chi connectivity index (χ1n) is 4.88. The molecule has 0 aliphatic carbocycles. The van der Waals surface area contributed by atoms with E-state index in [1.165, 1.54) is 0 Å². The Kier molecular flexibility index (Phi) is 2.64. The molecule has 0 unspecified atom stereocenters. The Hall–Kier alpha value is -1.84. The number of halogens is 2. The monoisotopic (exact) mass is 220 g/mol. The predicted molar refractivity (Wildman–Crippen MR) is 58.9 cm³/mol. The molecule has 4 heteroatoms. The molecule has 0 bridgehead atoms. The molecule has 1 aromatic heterocycles. The van der Waals surface area contributed by atoms with Gasteiger partial charge in [-0.05, 0) is 19.9 Å². The summed E-state index contributed by atoms with van der Waals surface area (Å²) in [6.07, 6.45) is 3.60. The smallest absolute Gasteiger partial charge is 0.161 e. The Morgan fingerprint density at radius 1 is 1.06 bits per heavy atom. The molecule has 0 radical (unpaired) electrons. The van der Waals surface area contributed by atoms with Crippen LogP contribution in [0.5, 0.6) is 0 Å². The largest absolute Gasteiger partial charge is 0.249 e. The summed E-state index contributed by atoms with van der Waals surface area (Å²) in [5, 5.41) is 0. The van der Waals surface area contributed by atoms with Crippen LogP contribution in [-0.2, 0) is 0 Å². The van der Waals surface area contributed by atoms with Gasteiger partial charge in [0, 0.05) is 12.1 Å². The first kappa shape index (κ1) is 10.7. The number of hydrogen-bond acceptors (Lipinski definition) is 2. The third-order valence-corrected chi connectivity index (χ3v) is 2.24. The molecule has 0 saturated heterocycles. The molecule has 0 spiro atoms. The number of aromatic nitrogens is 2. The van der Waals surface area contributed by atoms with Gasteiger partial charge in [0.1, 0.15) is 0 Å². The van der Waals surface area contributed by atoms with Gasteiger partial charge in [-0.15, -0.1) is 0 Å². The van der Waals surface area contributed by atoms with Gasteiger partial charge in [0.15, 0.2) is 11.6 Å². The Bertz CT molecular complexity index is 577. The second-order valence-corrected chi connectivity index (χ2v) is 3.45. The lowest BCUT2D eigenvalue weighted by Crippen LogP contribution is -1.95. The highest BCUT2D eigenvalue weighted by Crippen LogP contribution is 2.17. The van der Waals surface area contributed by atoms with Gasteiger partial charge in [-0.1, -0.05) is 6.08 Å². The number of nitrogens with zero attached hydrogens (tertiary/aromatic N) is 2. The highest BCUT2D eigenvalue weighted by molar-refractivity contribution is 5.76. The number of hydrogen-bond donors (Lipinski definition) is 0. The van der Waals surface area contributed by atoms with E-state index in [0.717, 1.165) is 12.1 Å². The van der Waals surface area contributed by atoms with E-state index in [2.05, 4.69) is 9.97 Å². The van der Waals surface area contributed by atoms with Crippen molar-refractivity contribution in [3.8, 4) is 0 Å². The topological polar surface area (TPSA) is 25.8 Å². The molecule has 0 amide bonds. The minimum atomic E-state index is -0.905. The molecule has 82 valence electrons. The van der Waals surface area contributed by atoms with Crippen LogP contribution in [0.25, 0.3) is 17.1 Å². The van der Waals surface area contributed by atoms with Gasteiger partial charge >= 0.3 is 0 Å². The number of aryl methyl sites for hydroxylation is 1. The summed E-state index contributed by atoms with van der Waals surface area (Å²) in [6, 6.07) is 2.12. The van der Waals surface area contributed by atoms with E-state index in [9.17, 15) is 8.78 Å². The number of benzene rings is 1. The van der Waals surface area contributed by atoms with Gasteiger partial charge in [0.05, 0.1) is 22.4 Å². The maximum absolute atomic E-state index is 13.0. The van der Waals surface area contributed by atoms with Crippen LogP contribution in [0, 0.1) is 18.6 Å². The van der Waals surface area contributed by atoms with Crippen LogP contribution in [0.2, 0.25) is 0 Å². The molecule has 2 rings (SSSR count). The SMILES string of the molecule is C/C=C/c1nc2cc(F)c(F)cc2nc1C. The Balaban J connectivity index is 2.74. The maximum Gasteiger partial charge on any atom is 0.161 e. The van der Waals surface area contributed by atoms with E-state index in [1.807, 2.05) is 13.0 Å². The van der Waals surface area contributed by atoms with Crippen molar-refractivity contribution >= 4 is 17.1 Å². The van der Waals surface area contributed by atoms with Crippen molar-refractivity contribution in [2.75, 3.05) is 0 Å². The summed E-state index contributed by atoms with van der Waals surface area (Å²) in [5.41, 5.74) is 2.08. The van der Waals surface area contributed by atoms with E-state index in [1.54, 1.807) is 13.0 Å². The van der Waals surface area contributed by atoms with Crippen LogP contribution >= 0.6 is 0 Å². The van der Waals surface area contributed by atoms with Crippen molar-refractivity contribution in [3.63, 3.8) is 0 Å². The number of fused-ring (bicyclic) bond motifs is 1. The summed E-state index contributed by atoms with van der Waals surface area (Å²) in [6.45, 7) is 3.64. The first-order chi connectivity index (χ1) is 7.61. The van der Waals surface area contributed by atoms with Crippen LogP contribution in [0.4, 0.5) is 8.78 Å². The fourth-order valence-electron chi connectivity index (χ4n) is 1.47. The normalized spacial score (nSPS) is 11.5. The Morgan fingerprint density at radius 3 is 2.19 bits per heavy atom. The van der Waals surface area contributed by atoms with Crippen LogP contribution in [0.1, 0.15) is 18.3 Å². The fourth-order valence-corrected chi connectivity index (χ4v) is 1.47. The predicted octanol–water partition coefficient (Wildman–Crippen LogP) is 3.25. The van der Waals surface area contributed by atoms with E-state index >= 15 is 0 Å². The van der Waals surface area contributed by atoms with Crippen molar-refractivity contribution in [2.45, 2.75) is 13.8 Å². The Labute approximate surface area is 91.7 Å². The summed E-state index contributed by atoms with van der Waals surface area (Å²) < 4.78 is 26.0. The molecule has 16 heavy (non-hydrogen) atoms. The van der Waals surface area contributed by atoms with Crippen LogP contribution in [0.3, 0.4) is 0 Å². The van der Waals surface area contributed by atoms with Gasteiger partial charge in [0.2, 0.25) is 0 Å². The molecule has 2 aromatic rings. The average Bonchev–Trinajstić information content (AvgIpc) is 2.23. The molecule has 1 heterocycles. The quantitative estimate of drug-likeness (QED) is 0.737. The van der Waals surface area contributed by atoms with Crippen molar-refractivity contribution in [2.24, 2.45) is 0 Å². The van der Waals surface area contributed by atoms with Crippen molar-refractivity contribution in [3.05, 3.63) is 41.2 Å². The lowest BCUT2D eigenvalue weighted by Gasteiger charge is -2.03. The average molecular weight is 220 g/mol. The van der Waals surface area contributed by atoms with Crippen molar-refractivity contribution in [1.29, 1.82) is 0 Å². The first-order valence-corrected chi connectivity index (χ1v) is 4.88. The molecule has 0 atom stereocenters. The van der Waals surface area contributed by atoms with Gasteiger partial charge in [-0.3, -0.25) is 0 Å². The minimum Gasteiger partial charge on any atom is -0.249 e. The van der Waals surface area contributed by atoms with Gasteiger partial charge in [-0.25, -0.2) is 18.7 Å². The van der Waals surface area contributed by atoms with E-state index in [0.29, 0.717) is 22.4 Å². The van der Waals surface area contributed by atoms with Gasteiger partial charge in [-0.2, -0.15) is 0 Å². The highest BCUT2D eigenvalue weighted by Gasteiger charge is 2.08. The Morgan fingerprint density at radius 2 is 1.62 bits per heavy atom. The molecule has 0 N–H and O–H groups in total. The third kappa shape index (κ3) is 1.78. The standard InChI is InChI=1S/C12H10F2N2/c1-3-4-10-7(2)15-11-5-8(13)9(14)6-12(11)16-10/h3-6H,1-2H3/b4-3+. The zero-order valence-electron chi connectivity index (χ0n) is 8.96.